The van der Waals surface area contributed by atoms with Crippen LogP contribution in [0.25, 0.3) is 0 Å². The smallest absolute Gasteiger partial charge is 0.253 e. The van der Waals surface area contributed by atoms with Gasteiger partial charge in [0.2, 0.25) is 5.91 Å². The van der Waals surface area contributed by atoms with E-state index >= 15 is 0 Å². The van der Waals surface area contributed by atoms with E-state index in [1.54, 1.807) is 0 Å². The van der Waals surface area contributed by atoms with Crippen molar-refractivity contribution >= 4 is 11.8 Å². The molecule has 2 aliphatic rings. The number of benzene rings is 1. The van der Waals surface area contributed by atoms with E-state index in [-0.39, 0.29) is 5.91 Å². The van der Waals surface area contributed by atoms with Gasteiger partial charge in [-0.05, 0) is 57.7 Å². The molecular weight excluding hydrogens is 374 g/mol. The highest BCUT2D eigenvalue weighted by molar-refractivity contribution is 5.94. The van der Waals surface area contributed by atoms with E-state index < -0.39 is 0 Å². The second-order valence-corrected chi connectivity index (χ2v) is 8.83. The van der Waals surface area contributed by atoms with Crippen LogP contribution in [0.5, 0.6) is 0 Å². The Morgan fingerprint density at radius 3 is 2.20 bits per heavy atom. The second-order valence-electron chi connectivity index (χ2n) is 8.83. The highest BCUT2D eigenvalue weighted by Crippen LogP contribution is 2.24. The van der Waals surface area contributed by atoms with E-state index in [4.69, 9.17) is 0 Å². The molecule has 1 aromatic carbocycles. The van der Waals surface area contributed by atoms with Gasteiger partial charge < -0.3 is 9.80 Å². The van der Waals surface area contributed by atoms with Crippen LogP contribution in [0, 0.1) is 0 Å². The summed E-state index contributed by atoms with van der Waals surface area (Å²) in [6, 6.07) is 10.4. The molecule has 0 N–H and O–H groups in total. The Hall–Kier alpha value is -1.88. The molecular formula is C25H39N3O2. The number of likely N-dealkylation sites (tertiary alicyclic amines) is 1. The molecule has 1 aliphatic heterocycles. The molecule has 166 valence electrons. The van der Waals surface area contributed by atoms with Gasteiger partial charge in [-0.3, -0.25) is 14.5 Å². The number of likely N-dealkylation sites (N-methyl/N-ethyl adjacent to an activating group) is 1. The first-order valence-corrected chi connectivity index (χ1v) is 12.0. The van der Waals surface area contributed by atoms with E-state index in [0.29, 0.717) is 24.5 Å². The predicted molar refractivity (Wildman–Crippen MR) is 121 cm³/mol. The van der Waals surface area contributed by atoms with E-state index in [9.17, 15) is 9.59 Å². The Kier molecular flexibility index (Phi) is 8.74. The molecule has 2 amide bonds. The standard InChI is InChI=1S/C25H39N3O2/c1-3-17-27(20-24(29)28(4-2)23-13-9-6-10-14-23)22-15-18-26(19-16-22)25(30)21-11-7-5-8-12-21/h5,7-8,11-12,22-23H,3-4,6,9-10,13-20H2,1-2H3. The predicted octanol–water partition coefficient (Wildman–Crippen LogP) is 4.18. The molecule has 0 unspecified atom stereocenters. The van der Waals surface area contributed by atoms with Gasteiger partial charge in [0.25, 0.3) is 5.91 Å². The largest absolute Gasteiger partial charge is 0.339 e. The lowest BCUT2D eigenvalue weighted by Gasteiger charge is -2.40. The summed E-state index contributed by atoms with van der Waals surface area (Å²) >= 11 is 0. The van der Waals surface area contributed by atoms with Crippen LogP contribution in [0.1, 0.15) is 75.6 Å². The van der Waals surface area contributed by atoms with Crippen molar-refractivity contribution in [1.82, 2.24) is 14.7 Å². The second kappa shape index (κ2) is 11.5. The van der Waals surface area contributed by atoms with Crippen LogP contribution in [0.2, 0.25) is 0 Å². The van der Waals surface area contributed by atoms with Gasteiger partial charge in [0.1, 0.15) is 0 Å². The summed E-state index contributed by atoms with van der Waals surface area (Å²) in [5.41, 5.74) is 0.766. The quantitative estimate of drug-likeness (QED) is 0.642. The first kappa shape index (κ1) is 22.8. The van der Waals surface area contributed by atoms with Crippen LogP contribution in [0.3, 0.4) is 0 Å². The van der Waals surface area contributed by atoms with E-state index in [1.807, 2.05) is 35.2 Å². The Balaban J connectivity index is 1.56. The zero-order valence-electron chi connectivity index (χ0n) is 18.9. The third-order valence-corrected chi connectivity index (χ3v) is 6.81. The third-order valence-electron chi connectivity index (χ3n) is 6.81. The fourth-order valence-electron chi connectivity index (χ4n) is 5.17. The lowest BCUT2D eigenvalue weighted by molar-refractivity contribution is -0.136. The molecule has 5 heteroatoms. The number of amides is 2. The summed E-state index contributed by atoms with van der Waals surface area (Å²) in [7, 11) is 0. The minimum Gasteiger partial charge on any atom is -0.339 e. The summed E-state index contributed by atoms with van der Waals surface area (Å²) in [6.45, 7) is 8.13. The number of hydrogen-bond donors (Lipinski definition) is 0. The van der Waals surface area contributed by atoms with Gasteiger partial charge in [0.15, 0.2) is 0 Å². The molecule has 0 bridgehead atoms. The highest BCUT2D eigenvalue weighted by Gasteiger charge is 2.30. The van der Waals surface area contributed by atoms with Gasteiger partial charge in [0.05, 0.1) is 6.54 Å². The number of piperidine rings is 1. The van der Waals surface area contributed by atoms with Crippen LogP contribution < -0.4 is 0 Å². The van der Waals surface area contributed by atoms with Gasteiger partial charge in [-0.2, -0.15) is 0 Å². The Morgan fingerprint density at radius 1 is 0.933 bits per heavy atom. The monoisotopic (exact) mass is 413 g/mol. The van der Waals surface area contributed by atoms with Crippen LogP contribution in [0.4, 0.5) is 0 Å². The zero-order valence-corrected chi connectivity index (χ0v) is 18.9. The van der Waals surface area contributed by atoms with Gasteiger partial charge >= 0.3 is 0 Å². The Morgan fingerprint density at radius 2 is 1.60 bits per heavy atom. The van der Waals surface area contributed by atoms with E-state index in [0.717, 1.165) is 63.8 Å². The minimum absolute atomic E-state index is 0.127. The molecule has 1 aromatic rings. The fourth-order valence-corrected chi connectivity index (χ4v) is 5.17. The van der Waals surface area contributed by atoms with Crippen molar-refractivity contribution in [1.29, 1.82) is 0 Å². The molecule has 5 nitrogen and oxygen atoms in total. The maximum atomic E-state index is 13.2. The Labute approximate surface area is 182 Å². The summed E-state index contributed by atoms with van der Waals surface area (Å²) in [5.74, 6) is 0.419. The molecule has 2 fully saturated rings. The van der Waals surface area contributed by atoms with Crippen LogP contribution >= 0.6 is 0 Å². The van der Waals surface area contributed by atoms with Crippen molar-refractivity contribution < 1.29 is 9.59 Å². The maximum Gasteiger partial charge on any atom is 0.253 e. The molecule has 30 heavy (non-hydrogen) atoms. The highest BCUT2D eigenvalue weighted by atomic mass is 16.2. The average Bonchev–Trinajstić information content (AvgIpc) is 2.80. The van der Waals surface area contributed by atoms with Crippen molar-refractivity contribution in [2.24, 2.45) is 0 Å². The van der Waals surface area contributed by atoms with Crippen LogP contribution in [-0.4, -0.2) is 71.3 Å². The average molecular weight is 414 g/mol. The summed E-state index contributed by atoms with van der Waals surface area (Å²) < 4.78 is 0. The number of rotatable bonds is 8. The van der Waals surface area contributed by atoms with Gasteiger partial charge in [-0.15, -0.1) is 0 Å². The summed E-state index contributed by atoms with van der Waals surface area (Å²) in [6.07, 6.45) is 9.07. The number of carbonyl (C=O) groups is 2. The maximum absolute atomic E-state index is 13.2. The number of carbonyl (C=O) groups excluding carboxylic acids is 2. The summed E-state index contributed by atoms with van der Waals surface area (Å²) in [5, 5.41) is 0. The molecule has 0 aromatic heterocycles. The Bertz CT molecular complexity index is 664. The van der Waals surface area contributed by atoms with Crippen LogP contribution in [0.15, 0.2) is 30.3 Å². The molecule has 3 rings (SSSR count). The van der Waals surface area contributed by atoms with Crippen molar-refractivity contribution in [2.75, 3.05) is 32.7 Å². The topological polar surface area (TPSA) is 43.9 Å². The lowest BCUT2D eigenvalue weighted by atomic mass is 9.94. The molecule has 0 radical (unpaired) electrons. The van der Waals surface area contributed by atoms with Crippen LogP contribution in [-0.2, 0) is 4.79 Å². The molecule has 0 spiro atoms. The molecule has 1 saturated heterocycles. The number of nitrogens with zero attached hydrogens (tertiary/aromatic N) is 3. The van der Waals surface area contributed by atoms with E-state index in [2.05, 4.69) is 23.6 Å². The molecule has 1 heterocycles. The van der Waals surface area contributed by atoms with Crippen molar-refractivity contribution in [3.05, 3.63) is 35.9 Å². The first-order valence-electron chi connectivity index (χ1n) is 12.0. The van der Waals surface area contributed by atoms with Gasteiger partial charge in [0, 0.05) is 37.3 Å². The third kappa shape index (κ3) is 5.84. The SMILES string of the molecule is CCCN(CC(=O)N(CC)C1CCCCC1)C1CCN(C(=O)c2ccccc2)CC1. The van der Waals surface area contributed by atoms with Crippen molar-refractivity contribution in [3.63, 3.8) is 0 Å². The van der Waals surface area contributed by atoms with Crippen molar-refractivity contribution in [2.45, 2.75) is 77.3 Å². The normalized spacial score (nSPS) is 18.6. The fraction of sp³-hybridized carbons (Fsp3) is 0.680. The zero-order chi connectivity index (χ0) is 21.3. The van der Waals surface area contributed by atoms with Gasteiger partial charge in [-0.25, -0.2) is 0 Å². The van der Waals surface area contributed by atoms with Crippen molar-refractivity contribution in [3.8, 4) is 0 Å². The minimum atomic E-state index is 0.127. The molecule has 1 saturated carbocycles. The summed E-state index contributed by atoms with van der Waals surface area (Å²) in [4.78, 5) is 32.4. The molecule has 1 aliphatic carbocycles. The van der Waals surface area contributed by atoms with E-state index in [1.165, 1.54) is 19.3 Å². The first-order chi connectivity index (χ1) is 14.6. The lowest BCUT2D eigenvalue weighted by Crippen LogP contribution is -2.51. The van der Waals surface area contributed by atoms with Gasteiger partial charge in [-0.1, -0.05) is 44.4 Å². The number of hydrogen-bond acceptors (Lipinski definition) is 3. The molecule has 0 atom stereocenters.